The topological polar surface area (TPSA) is 49.8 Å². The van der Waals surface area contributed by atoms with Crippen molar-refractivity contribution in [3.8, 4) is 0 Å². The first-order valence-corrected chi connectivity index (χ1v) is 5.92. The third-order valence-corrected chi connectivity index (χ3v) is 2.91. The molecule has 2 aliphatic rings. The van der Waals surface area contributed by atoms with Gasteiger partial charge in [-0.15, -0.1) is 6.58 Å². The number of hydrogen-bond acceptors (Lipinski definition) is 2. The smallest absolute Gasteiger partial charge is 0.407 e. The zero-order valence-electron chi connectivity index (χ0n) is 9.73. The molecule has 1 N–H and O–H groups in total. The van der Waals surface area contributed by atoms with Gasteiger partial charge in [-0.05, 0) is 31.6 Å². The van der Waals surface area contributed by atoms with Crippen LogP contribution in [0.3, 0.4) is 0 Å². The molecule has 0 saturated carbocycles. The standard InChI is InChI=1S/C7H11NO2.C5H10O/c1-2-6-3-4-8(5-6)7(9)10;1-2-4-6-5-3-1/h2,6H,1,3-5H2,(H,9,10);1-5H2/t6-;/m0./s1. The van der Waals surface area contributed by atoms with Crippen LogP contribution in [0.4, 0.5) is 4.79 Å². The molecule has 0 aromatic heterocycles. The van der Waals surface area contributed by atoms with Gasteiger partial charge in [0.2, 0.25) is 0 Å². The van der Waals surface area contributed by atoms with Crippen LogP contribution < -0.4 is 0 Å². The Morgan fingerprint density at radius 1 is 1.38 bits per heavy atom. The minimum absolute atomic E-state index is 0.371. The summed E-state index contributed by atoms with van der Waals surface area (Å²) in [6.45, 7) is 6.90. The van der Waals surface area contributed by atoms with Crippen molar-refractivity contribution in [2.75, 3.05) is 26.3 Å². The van der Waals surface area contributed by atoms with Crippen molar-refractivity contribution < 1.29 is 14.6 Å². The molecule has 4 nitrogen and oxygen atoms in total. The third kappa shape index (κ3) is 4.66. The number of hydrogen-bond donors (Lipinski definition) is 1. The molecule has 0 radical (unpaired) electrons. The second kappa shape index (κ2) is 7.28. The van der Waals surface area contributed by atoms with Crippen LogP contribution >= 0.6 is 0 Å². The molecule has 0 aliphatic carbocycles. The number of rotatable bonds is 1. The predicted octanol–water partition coefficient (Wildman–Crippen LogP) is 2.36. The Morgan fingerprint density at radius 3 is 2.31 bits per heavy atom. The summed E-state index contributed by atoms with van der Waals surface area (Å²) in [5, 5.41) is 8.52. The van der Waals surface area contributed by atoms with E-state index >= 15 is 0 Å². The maximum atomic E-state index is 10.4. The van der Waals surface area contributed by atoms with Gasteiger partial charge in [-0.3, -0.25) is 0 Å². The first-order chi connectivity index (χ1) is 7.74. The minimum Gasteiger partial charge on any atom is -0.465 e. The highest BCUT2D eigenvalue weighted by Crippen LogP contribution is 2.16. The van der Waals surface area contributed by atoms with Crippen LogP contribution in [0.2, 0.25) is 0 Å². The van der Waals surface area contributed by atoms with E-state index in [0.29, 0.717) is 19.0 Å². The molecule has 2 fully saturated rings. The molecule has 0 unspecified atom stereocenters. The molecule has 0 aromatic rings. The van der Waals surface area contributed by atoms with E-state index in [1.54, 1.807) is 0 Å². The van der Waals surface area contributed by atoms with Gasteiger partial charge in [0, 0.05) is 26.3 Å². The minimum atomic E-state index is -0.815. The molecule has 0 aromatic carbocycles. The monoisotopic (exact) mass is 227 g/mol. The van der Waals surface area contributed by atoms with E-state index in [4.69, 9.17) is 9.84 Å². The molecule has 2 rings (SSSR count). The van der Waals surface area contributed by atoms with Gasteiger partial charge in [-0.25, -0.2) is 4.79 Å². The van der Waals surface area contributed by atoms with E-state index in [1.807, 2.05) is 6.08 Å². The maximum Gasteiger partial charge on any atom is 0.407 e. The van der Waals surface area contributed by atoms with Gasteiger partial charge in [0.1, 0.15) is 0 Å². The fourth-order valence-corrected chi connectivity index (χ4v) is 1.84. The molecule has 0 bridgehead atoms. The fourth-order valence-electron chi connectivity index (χ4n) is 1.84. The van der Waals surface area contributed by atoms with Gasteiger partial charge in [0.15, 0.2) is 0 Å². The molecular formula is C12H21NO3. The summed E-state index contributed by atoms with van der Waals surface area (Å²) in [6.07, 6.45) is 5.86. The number of carbonyl (C=O) groups is 1. The van der Waals surface area contributed by atoms with Gasteiger partial charge >= 0.3 is 6.09 Å². The third-order valence-electron chi connectivity index (χ3n) is 2.91. The lowest BCUT2D eigenvalue weighted by atomic mass is 10.1. The highest BCUT2D eigenvalue weighted by atomic mass is 16.5. The Hall–Kier alpha value is -1.03. The molecule has 0 spiro atoms. The molecule has 1 atom stereocenters. The van der Waals surface area contributed by atoms with Gasteiger partial charge in [-0.1, -0.05) is 6.08 Å². The van der Waals surface area contributed by atoms with Crippen LogP contribution in [0.15, 0.2) is 12.7 Å². The van der Waals surface area contributed by atoms with E-state index in [9.17, 15) is 4.79 Å². The van der Waals surface area contributed by atoms with Crippen molar-refractivity contribution in [2.24, 2.45) is 5.92 Å². The summed E-state index contributed by atoms with van der Waals surface area (Å²) >= 11 is 0. The van der Waals surface area contributed by atoms with Crippen molar-refractivity contribution in [2.45, 2.75) is 25.7 Å². The summed E-state index contributed by atoms with van der Waals surface area (Å²) in [4.78, 5) is 11.8. The van der Waals surface area contributed by atoms with E-state index < -0.39 is 6.09 Å². The summed E-state index contributed by atoms with van der Waals surface area (Å²) in [6, 6.07) is 0. The van der Waals surface area contributed by atoms with E-state index in [2.05, 4.69) is 6.58 Å². The maximum absolute atomic E-state index is 10.4. The van der Waals surface area contributed by atoms with E-state index in [-0.39, 0.29) is 0 Å². The average molecular weight is 227 g/mol. The molecule has 2 saturated heterocycles. The van der Waals surface area contributed by atoms with Crippen LogP contribution in [0.1, 0.15) is 25.7 Å². The molecule has 2 heterocycles. The number of nitrogens with zero attached hydrogens (tertiary/aromatic N) is 1. The van der Waals surface area contributed by atoms with Crippen molar-refractivity contribution >= 4 is 6.09 Å². The lowest BCUT2D eigenvalue weighted by Crippen LogP contribution is -2.26. The summed E-state index contributed by atoms with van der Waals surface area (Å²) in [5.74, 6) is 0.371. The van der Waals surface area contributed by atoms with Crippen molar-refractivity contribution in [3.63, 3.8) is 0 Å². The van der Waals surface area contributed by atoms with Gasteiger partial charge in [0.05, 0.1) is 0 Å². The van der Waals surface area contributed by atoms with Gasteiger partial charge < -0.3 is 14.7 Å². The first-order valence-electron chi connectivity index (χ1n) is 5.92. The Morgan fingerprint density at radius 2 is 2.06 bits per heavy atom. The largest absolute Gasteiger partial charge is 0.465 e. The highest BCUT2D eigenvalue weighted by molar-refractivity contribution is 5.65. The number of carboxylic acid groups (broad SMARTS) is 1. The highest BCUT2D eigenvalue weighted by Gasteiger charge is 2.23. The van der Waals surface area contributed by atoms with Gasteiger partial charge in [-0.2, -0.15) is 0 Å². The summed E-state index contributed by atoms with van der Waals surface area (Å²) in [7, 11) is 0. The number of likely N-dealkylation sites (tertiary alicyclic amines) is 1. The van der Waals surface area contributed by atoms with Crippen LogP contribution in [-0.4, -0.2) is 42.4 Å². The lowest BCUT2D eigenvalue weighted by molar-refractivity contribution is 0.0968. The number of ether oxygens (including phenoxy) is 1. The molecule has 4 heteroatoms. The molecule has 1 amide bonds. The van der Waals surface area contributed by atoms with E-state index in [1.165, 1.54) is 24.2 Å². The molecular weight excluding hydrogens is 206 g/mol. The first kappa shape index (κ1) is 13.0. The Labute approximate surface area is 96.9 Å². The Kier molecular flexibility index (Phi) is 5.93. The molecule has 2 aliphatic heterocycles. The van der Waals surface area contributed by atoms with Crippen LogP contribution in [0.25, 0.3) is 0 Å². The van der Waals surface area contributed by atoms with E-state index in [0.717, 1.165) is 19.6 Å². The Bertz CT molecular complexity index is 215. The quantitative estimate of drug-likeness (QED) is 0.700. The van der Waals surface area contributed by atoms with Crippen molar-refractivity contribution in [1.82, 2.24) is 4.90 Å². The molecule has 16 heavy (non-hydrogen) atoms. The molecule has 92 valence electrons. The Balaban J connectivity index is 0.000000181. The fraction of sp³-hybridized carbons (Fsp3) is 0.750. The normalized spacial score (nSPS) is 24.5. The second-order valence-corrected chi connectivity index (χ2v) is 4.19. The average Bonchev–Trinajstić information content (AvgIpc) is 2.81. The summed E-state index contributed by atoms with van der Waals surface area (Å²) in [5.41, 5.74) is 0. The predicted molar refractivity (Wildman–Crippen MR) is 62.6 cm³/mol. The zero-order valence-corrected chi connectivity index (χ0v) is 9.73. The van der Waals surface area contributed by atoms with Crippen LogP contribution in [0, 0.1) is 5.92 Å². The summed E-state index contributed by atoms with van der Waals surface area (Å²) < 4.78 is 5.07. The SMILES string of the molecule is C1CCOCC1.C=C[C@H]1CCN(C(=O)O)C1. The van der Waals surface area contributed by atoms with Crippen molar-refractivity contribution in [3.05, 3.63) is 12.7 Å². The number of amides is 1. The lowest BCUT2D eigenvalue weighted by Gasteiger charge is -2.09. The van der Waals surface area contributed by atoms with Gasteiger partial charge in [0.25, 0.3) is 0 Å². The van der Waals surface area contributed by atoms with Crippen molar-refractivity contribution in [1.29, 1.82) is 0 Å². The second-order valence-electron chi connectivity index (χ2n) is 4.19. The zero-order chi connectivity index (χ0) is 11.8. The van der Waals surface area contributed by atoms with Crippen LogP contribution in [0.5, 0.6) is 0 Å². The van der Waals surface area contributed by atoms with Crippen LogP contribution in [-0.2, 0) is 4.74 Å².